The molecule has 20 nitrogen and oxygen atoms in total. The third kappa shape index (κ3) is 36.9. The summed E-state index contributed by atoms with van der Waals surface area (Å²) in [7, 11) is 0. The lowest BCUT2D eigenvalue weighted by Gasteiger charge is -2.35. The van der Waals surface area contributed by atoms with Gasteiger partial charge < -0.3 is 74.1 Å². The SMILES string of the molecule is CC[C@H](O)[C@@H](O)CN.C[C@@H](N[C@H](C(=O)O)[C@H](OCc1ccccc1)[C@H](COCc1ccccc1)OCc1ccccc1)c1ccccc1.C[C@@H](N[C@H](CO)[C@H](OCc1ccccc1)[C@H](COCc1ccccc1)OCc1ccccc1)c1ccccc1.C[C@H](c1ccccc1)N1C[C@@H]1[C@H](OCc1ccccc1)[C@H](COCc1ccccc1)OCc1ccccc1.O=C=O. The first-order valence-electron chi connectivity index (χ1n) is 43.8. The van der Waals surface area contributed by atoms with Crippen LogP contribution < -0.4 is 16.4 Å². The lowest BCUT2D eigenvalue weighted by molar-refractivity contribution is -0.191. The van der Waals surface area contributed by atoms with Crippen LogP contribution in [0.25, 0.3) is 0 Å². The van der Waals surface area contributed by atoms with Gasteiger partial charge in [-0.2, -0.15) is 9.59 Å². The molecular formula is C108H126N4O16. The first kappa shape index (κ1) is 101. The molecule has 1 saturated heterocycles. The molecule has 0 spiro atoms. The zero-order valence-electron chi connectivity index (χ0n) is 73.8. The highest BCUT2D eigenvalue weighted by molar-refractivity contribution is 5.74. The zero-order valence-corrected chi connectivity index (χ0v) is 73.8. The topological polar surface area (TPSA) is 268 Å². The number of aliphatic hydroxyl groups is 3. The van der Waals surface area contributed by atoms with Crippen LogP contribution in [-0.4, -0.2) is 144 Å². The Hall–Kier alpha value is -11.2. The van der Waals surface area contributed by atoms with Crippen LogP contribution in [0, 0.1) is 0 Å². The zero-order chi connectivity index (χ0) is 90.4. The molecule has 0 bridgehead atoms. The number of nitrogens with two attached hydrogens (primary N) is 1. The molecule has 0 aromatic heterocycles. The molecule has 13 rings (SSSR count). The van der Waals surface area contributed by atoms with Crippen LogP contribution in [-0.2, 0) is 116 Å². The van der Waals surface area contributed by atoms with Gasteiger partial charge in [-0.3, -0.25) is 15.0 Å². The fourth-order valence-corrected chi connectivity index (χ4v) is 14.4. The van der Waals surface area contributed by atoms with Crippen LogP contribution in [0.4, 0.5) is 0 Å². The van der Waals surface area contributed by atoms with Gasteiger partial charge in [-0.05, 0) is 94.0 Å². The molecule has 12 aromatic carbocycles. The Morgan fingerprint density at radius 2 is 0.641 bits per heavy atom. The van der Waals surface area contributed by atoms with Crippen LogP contribution >= 0.6 is 0 Å². The van der Waals surface area contributed by atoms with E-state index in [-0.39, 0.29) is 68.9 Å². The van der Waals surface area contributed by atoms with E-state index in [4.69, 9.17) is 68.2 Å². The van der Waals surface area contributed by atoms with Crippen LogP contribution in [0.5, 0.6) is 0 Å². The molecule has 15 atom stereocenters. The lowest BCUT2D eigenvalue weighted by atomic mass is 10.0. The number of hydrogen-bond donors (Lipinski definition) is 7. The summed E-state index contributed by atoms with van der Waals surface area (Å²) in [4.78, 5) is 31.5. The maximum atomic E-state index is 12.8. The maximum absolute atomic E-state index is 12.8. The molecule has 20 heteroatoms. The van der Waals surface area contributed by atoms with Crippen molar-refractivity contribution in [3.8, 4) is 0 Å². The summed E-state index contributed by atoms with van der Waals surface area (Å²) < 4.78 is 57.6. The molecule has 0 radical (unpaired) electrons. The second-order valence-corrected chi connectivity index (χ2v) is 31.2. The Labute approximate surface area is 755 Å². The van der Waals surface area contributed by atoms with Gasteiger partial charge in [0.2, 0.25) is 0 Å². The van der Waals surface area contributed by atoms with E-state index >= 15 is 0 Å². The third-order valence-electron chi connectivity index (χ3n) is 21.7. The van der Waals surface area contributed by atoms with Crippen molar-refractivity contribution in [1.29, 1.82) is 0 Å². The van der Waals surface area contributed by atoms with Crippen molar-refractivity contribution in [2.45, 2.75) is 179 Å². The van der Waals surface area contributed by atoms with Gasteiger partial charge in [0.25, 0.3) is 0 Å². The van der Waals surface area contributed by atoms with E-state index < -0.39 is 48.6 Å². The highest BCUT2D eigenvalue weighted by Gasteiger charge is 2.48. The summed E-state index contributed by atoms with van der Waals surface area (Å²) in [6, 6.07) is 120. The van der Waals surface area contributed by atoms with Gasteiger partial charge >= 0.3 is 12.1 Å². The van der Waals surface area contributed by atoms with Crippen molar-refractivity contribution in [2.24, 2.45) is 5.73 Å². The largest absolute Gasteiger partial charge is 0.480 e. The number of rotatable bonds is 49. The fourth-order valence-electron chi connectivity index (χ4n) is 14.4. The molecule has 0 amide bonds. The molecule has 1 heterocycles. The summed E-state index contributed by atoms with van der Waals surface area (Å²) in [6.45, 7) is 13.8. The first-order chi connectivity index (χ1) is 62.7. The van der Waals surface area contributed by atoms with Crippen LogP contribution in [0.1, 0.15) is 119 Å². The fraction of sp³-hybridized carbons (Fsp3) is 0.315. The van der Waals surface area contributed by atoms with Crippen molar-refractivity contribution in [1.82, 2.24) is 15.5 Å². The minimum atomic E-state index is -1.06. The molecule has 1 aliphatic rings. The summed E-state index contributed by atoms with van der Waals surface area (Å²) in [6.07, 6.45) is -3.33. The normalized spacial score (nSPS) is 15.7. The van der Waals surface area contributed by atoms with Crippen LogP contribution in [0.2, 0.25) is 0 Å². The van der Waals surface area contributed by atoms with E-state index in [1.807, 2.05) is 280 Å². The smallest absolute Gasteiger partial charge is 0.373 e. The van der Waals surface area contributed by atoms with Gasteiger partial charge in [0.1, 0.15) is 42.7 Å². The van der Waals surface area contributed by atoms with Gasteiger partial charge in [0, 0.05) is 31.2 Å². The number of aliphatic carboxylic acids is 1. The predicted molar refractivity (Wildman–Crippen MR) is 498 cm³/mol. The summed E-state index contributed by atoms with van der Waals surface area (Å²) in [5, 5.41) is 45.5. The number of nitrogens with one attached hydrogen (secondary N) is 2. The van der Waals surface area contributed by atoms with E-state index in [2.05, 4.69) is 120 Å². The molecular weight excluding hydrogens is 1610 g/mol. The van der Waals surface area contributed by atoms with Crippen molar-refractivity contribution in [3.05, 3.63) is 431 Å². The number of carboxylic acids is 1. The van der Waals surface area contributed by atoms with Crippen molar-refractivity contribution in [2.75, 3.05) is 39.5 Å². The average molecular weight is 1740 g/mol. The van der Waals surface area contributed by atoms with Crippen molar-refractivity contribution < 1.29 is 77.4 Å². The van der Waals surface area contributed by atoms with Crippen molar-refractivity contribution >= 4 is 12.1 Å². The molecule has 1 aliphatic heterocycles. The second-order valence-electron chi connectivity index (χ2n) is 31.2. The van der Waals surface area contributed by atoms with Crippen LogP contribution in [0.15, 0.2) is 364 Å². The molecule has 0 saturated carbocycles. The predicted octanol–water partition coefficient (Wildman–Crippen LogP) is 17.6. The van der Waals surface area contributed by atoms with Gasteiger partial charge in [0.15, 0.2) is 0 Å². The van der Waals surface area contributed by atoms with Crippen molar-refractivity contribution in [3.63, 3.8) is 0 Å². The minimum absolute atomic E-state index is 0.00573. The molecule has 8 N–H and O–H groups in total. The number of carbonyl (C=O) groups excluding carboxylic acids is 2. The third-order valence-corrected chi connectivity index (χ3v) is 21.7. The number of hydrogen-bond acceptors (Lipinski definition) is 19. The molecule has 0 aliphatic carbocycles. The maximum Gasteiger partial charge on any atom is 0.373 e. The van der Waals surface area contributed by atoms with Gasteiger partial charge in [-0.15, -0.1) is 0 Å². The number of aliphatic hydroxyl groups excluding tert-OH is 3. The number of carbonyl (C=O) groups is 1. The van der Waals surface area contributed by atoms with E-state index in [9.17, 15) is 15.0 Å². The van der Waals surface area contributed by atoms with E-state index in [0.717, 1.165) is 67.7 Å². The summed E-state index contributed by atoms with van der Waals surface area (Å²) >= 11 is 0. The molecule has 1 unspecified atom stereocenters. The minimum Gasteiger partial charge on any atom is -0.480 e. The Kier molecular flexibility index (Phi) is 46.4. The number of nitrogens with zero attached hydrogens (tertiary/aromatic N) is 1. The standard InChI is InChI=1S/C34H37NO5.C34H39NO4.C34H37NO3.C5H13NO2.CO2/c1-26(30-20-12-5-13-21-30)35-32(34(36)37)33(40-24-29-18-10-4-11-19-29)31(39-23-28-16-8-3-9-17-28)25-38-22-27-14-6-2-7-15-27;1-27(31-20-12-5-13-21-31)35-32(22-36)34(39-25-30-18-10-4-11-19-30)33(38-24-29-16-8-3-9-17-29)26-37-23-28-14-6-2-7-15-28;1-27(31-20-12-5-13-21-31)35-22-32(35)34(38-25-30-18-10-4-11-19-30)33(37-24-29-16-8-3-9-17-29)26-36-23-28-14-6-2-7-15-28;1-2-4(7)5(8)3-6;2-1-3/h2-21,26,31-33,35H,22-25H2,1H3,(H,36,37);2-21,27,32-36H,22-26H2,1H3;2-21,27,32-34H,22-26H2,1H3;4-5,7-8H,2-3,6H2,1H3;/t26-,31+,32+,33-;27-,32-,33+,34+;27-,32-,33+,34+,35?;4-,5-;/m1110./s1. The second kappa shape index (κ2) is 59.1. The molecule has 128 heavy (non-hydrogen) atoms. The van der Waals surface area contributed by atoms with Gasteiger partial charge in [0.05, 0.1) is 110 Å². The van der Waals surface area contributed by atoms with Gasteiger partial charge in [-0.1, -0.05) is 371 Å². The molecule has 12 aromatic rings. The average Bonchev–Trinajstić information content (AvgIpc) is 1.62. The lowest BCUT2D eigenvalue weighted by Crippen LogP contribution is -2.54. The summed E-state index contributed by atoms with van der Waals surface area (Å²) in [5.74, 6) is -1.02. The Morgan fingerprint density at radius 3 is 0.945 bits per heavy atom. The first-order valence-corrected chi connectivity index (χ1v) is 43.8. The Balaban J connectivity index is 0.000000204. The van der Waals surface area contributed by atoms with Crippen LogP contribution in [0.3, 0.4) is 0 Å². The number of benzene rings is 12. The Morgan fingerprint density at radius 1 is 0.375 bits per heavy atom. The van der Waals surface area contributed by atoms with E-state index in [1.165, 1.54) is 5.56 Å². The highest BCUT2D eigenvalue weighted by Crippen LogP contribution is 2.37. The Bertz CT molecular complexity index is 4840. The van der Waals surface area contributed by atoms with E-state index in [0.29, 0.717) is 78.5 Å². The highest BCUT2D eigenvalue weighted by atomic mass is 16.6. The van der Waals surface area contributed by atoms with E-state index in [1.54, 1.807) is 6.92 Å². The van der Waals surface area contributed by atoms with Gasteiger partial charge in [-0.25, -0.2) is 0 Å². The summed E-state index contributed by atoms with van der Waals surface area (Å²) in [5.41, 5.74) is 18.1. The molecule has 674 valence electrons. The monoisotopic (exact) mass is 1730 g/mol. The number of ether oxygens (including phenoxy) is 9. The molecule has 1 fully saturated rings. The number of carboxylic acid groups (broad SMARTS) is 1. The quantitative estimate of drug-likeness (QED) is 0.0175.